The van der Waals surface area contributed by atoms with Gasteiger partial charge in [-0.25, -0.2) is 0 Å². The molecule has 0 aliphatic carbocycles. The van der Waals surface area contributed by atoms with Crippen molar-refractivity contribution in [2.45, 2.75) is 38.1 Å². The van der Waals surface area contributed by atoms with Crippen molar-refractivity contribution < 1.29 is 4.79 Å². The SMILES string of the molecule is CCC(C(=O)N[C@@H]1CCCNC1)c1ccccc1. The van der Waals surface area contributed by atoms with Gasteiger partial charge in [0.1, 0.15) is 0 Å². The quantitative estimate of drug-likeness (QED) is 0.853. The van der Waals surface area contributed by atoms with E-state index in [1.54, 1.807) is 0 Å². The van der Waals surface area contributed by atoms with Crippen LogP contribution in [-0.4, -0.2) is 25.0 Å². The zero-order chi connectivity index (χ0) is 12.8. The zero-order valence-corrected chi connectivity index (χ0v) is 11.0. The summed E-state index contributed by atoms with van der Waals surface area (Å²) in [6.07, 6.45) is 3.08. The van der Waals surface area contributed by atoms with Crippen molar-refractivity contribution in [3.8, 4) is 0 Å². The predicted octanol–water partition coefficient (Wildman–Crippen LogP) is 2.05. The Bertz CT molecular complexity index is 371. The van der Waals surface area contributed by atoms with Crippen LogP contribution in [0.2, 0.25) is 0 Å². The summed E-state index contributed by atoms with van der Waals surface area (Å²) in [4.78, 5) is 12.3. The van der Waals surface area contributed by atoms with E-state index in [-0.39, 0.29) is 11.8 Å². The highest BCUT2D eigenvalue weighted by atomic mass is 16.1. The van der Waals surface area contributed by atoms with Gasteiger partial charge in [-0.3, -0.25) is 4.79 Å². The molecule has 18 heavy (non-hydrogen) atoms. The Morgan fingerprint density at radius 2 is 2.22 bits per heavy atom. The summed E-state index contributed by atoms with van der Waals surface area (Å²) >= 11 is 0. The lowest BCUT2D eigenvalue weighted by Crippen LogP contribution is -2.47. The molecule has 3 heteroatoms. The predicted molar refractivity (Wildman–Crippen MR) is 73.5 cm³/mol. The first kappa shape index (κ1) is 13.1. The van der Waals surface area contributed by atoms with Crippen LogP contribution in [-0.2, 0) is 4.79 Å². The molecule has 1 aliphatic rings. The number of piperidine rings is 1. The van der Waals surface area contributed by atoms with Crippen molar-refractivity contribution in [2.24, 2.45) is 0 Å². The van der Waals surface area contributed by atoms with Crippen molar-refractivity contribution in [1.82, 2.24) is 10.6 Å². The zero-order valence-electron chi connectivity index (χ0n) is 11.0. The molecule has 1 aliphatic heterocycles. The van der Waals surface area contributed by atoms with Crippen molar-refractivity contribution in [1.29, 1.82) is 0 Å². The standard InChI is InChI=1S/C15H22N2O/c1-2-14(12-7-4-3-5-8-12)15(18)17-13-9-6-10-16-11-13/h3-5,7-8,13-14,16H,2,6,9-11H2,1H3,(H,17,18)/t13-,14?/m1/s1. The fourth-order valence-electron chi connectivity index (χ4n) is 2.53. The highest BCUT2D eigenvalue weighted by Gasteiger charge is 2.22. The summed E-state index contributed by atoms with van der Waals surface area (Å²) in [7, 11) is 0. The molecule has 0 bridgehead atoms. The van der Waals surface area contributed by atoms with Gasteiger partial charge in [-0.05, 0) is 31.4 Å². The number of benzene rings is 1. The van der Waals surface area contributed by atoms with Crippen molar-refractivity contribution in [3.63, 3.8) is 0 Å². The van der Waals surface area contributed by atoms with Crippen molar-refractivity contribution >= 4 is 5.91 Å². The topological polar surface area (TPSA) is 41.1 Å². The van der Waals surface area contributed by atoms with E-state index in [0.29, 0.717) is 6.04 Å². The molecule has 2 rings (SSSR count). The van der Waals surface area contributed by atoms with Gasteiger partial charge in [0.05, 0.1) is 5.92 Å². The fraction of sp³-hybridized carbons (Fsp3) is 0.533. The molecule has 0 saturated carbocycles. The molecule has 98 valence electrons. The van der Waals surface area contributed by atoms with Crippen LogP contribution in [0, 0.1) is 0 Å². The first-order valence-electron chi connectivity index (χ1n) is 6.87. The van der Waals surface area contributed by atoms with Gasteiger partial charge >= 0.3 is 0 Å². The second-order valence-corrected chi connectivity index (χ2v) is 4.92. The van der Waals surface area contributed by atoms with E-state index in [1.165, 1.54) is 0 Å². The van der Waals surface area contributed by atoms with Crippen LogP contribution in [0.3, 0.4) is 0 Å². The van der Waals surface area contributed by atoms with E-state index in [0.717, 1.165) is 37.9 Å². The van der Waals surface area contributed by atoms with E-state index in [9.17, 15) is 4.79 Å². The van der Waals surface area contributed by atoms with Crippen LogP contribution in [0.15, 0.2) is 30.3 Å². The first-order chi connectivity index (χ1) is 8.81. The smallest absolute Gasteiger partial charge is 0.227 e. The second kappa shape index (κ2) is 6.55. The van der Waals surface area contributed by atoms with E-state index in [2.05, 4.69) is 17.6 Å². The molecule has 1 fully saturated rings. The number of carbonyl (C=O) groups excluding carboxylic acids is 1. The third-order valence-corrected chi connectivity index (χ3v) is 3.57. The van der Waals surface area contributed by atoms with Gasteiger partial charge < -0.3 is 10.6 Å². The van der Waals surface area contributed by atoms with E-state index < -0.39 is 0 Å². The Morgan fingerprint density at radius 1 is 1.44 bits per heavy atom. The number of hydrogen-bond acceptors (Lipinski definition) is 2. The lowest BCUT2D eigenvalue weighted by atomic mass is 9.95. The minimum Gasteiger partial charge on any atom is -0.352 e. The molecular formula is C15H22N2O. The van der Waals surface area contributed by atoms with Gasteiger partial charge in [0.2, 0.25) is 5.91 Å². The minimum atomic E-state index is -0.0203. The summed E-state index contributed by atoms with van der Waals surface area (Å²) in [5.74, 6) is 0.144. The second-order valence-electron chi connectivity index (χ2n) is 4.92. The molecule has 1 aromatic carbocycles. The molecule has 2 N–H and O–H groups in total. The maximum Gasteiger partial charge on any atom is 0.227 e. The maximum absolute atomic E-state index is 12.3. The number of carbonyl (C=O) groups is 1. The summed E-state index contributed by atoms with van der Waals surface area (Å²) in [6, 6.07) is 10.3. The Hall–Kier alpha value is -1.35. The van der Waals surface area contributed by atoms with Crippen LogP contribution in [0.5, 0.6) is 0 Å². The van der Waals surface area contributed by atoms with Crippen LogP contribution < -0.4 is 10.6 Å². The van der Waals surface area contributed by atoms with Gasteiger partial charge in [0.25, 0.3) is 0 Å². The number of rotatable bonds is 4. The van der Waals surface area contributed by atoms with Gasteiger partial charge in [0.15, 0.2) is 0 Å². The largest absolute Gasteiger partial charge is 0.352 e. The molecular weight excluding hydrogens is 224 g/mol. The van der Waals surface area contributed by atoms with Crippen LogP contribution >= 0.6 is 0 Å². The molecule has 1 heterocycles. The number of amides is 1. The van der Waals surface area contributed by atoms with Crippen molar-refractivity contribution in [2.75, 3.05) is 13.1 Å². The highest BCUT2D eigenvalue weighted by molar-refractivity contribution is 5.83. The van der Waals surface area contributed by atoms with Gasteiger partial charge in [-0.2, -0.15) is 0 Å². The molecule has 0 radical (unpaired) electrons. The van der Waals surface area contributed by atoms with E-state index in [1.807, 2.05) is 30.3 Å². The molecule has 1 amide bonds. The average molecular weight is 246 g/mol. The van der Waals surface area contributed by atoms with Gasteiger partial charge in [-0.15, -0.1) is 0 Å². The lowest BCUT2D eigenvalue weighted by molar-refractivity contribution is -0.123. The Labute approximate surface area is 109 Å². The Morgan fingerprint density at radius 3 is 2.83 bits per heavy atom. The summed E-state index contributed by atoms with van der Waals surface area (Å²) in [5, 5.41) is 6.49. The fourth-order valence-corrected chi connectivity index (χ4v) is 2.53. The summed E-state index contributed by atoms with van der Waals surface area (Å²) in [6.45, 7) is 4.04. The maximum atomic E-state index is 12.3. The van der Waals surface area contributed by atoms with Crippen LogP contribution in [0.4, 0.5) is 0 Å². The van der Waals surface area contributed by atoms with Crippen LogP contribution in [0.25, 0.3) is 0 Å². The summed E-state index contributed by atoms with van der Waals surface area (Å²) in [5.41, 5.74) is 1.11. The first-order valence-corrected chi connectivity index (χ1v) is 6.87. The Balaban J connectivity index is 1.97. The molecule has 0 spiro atoms. The number of hydrogen-bond donors (Lipinski definition) is 2. The third-order valence-electron chi connectivity index (χ3n) is 3.57. The molecule has 2 atom stereocenters. The third kappa shape index (κ3) is 3.33. The number of nitrogens with one attached hydrogen (secondary N) is 2. The molecule has 1 saturated heterocycles. The minimum absolute atomic E-state index is 0.0203. The van der Waals surface area contributed by atoms with Crippen molar-refractivity contribution in [3.05, 3.63) is 35.9 Å². The average Bonchev–Trinajstić information content (AvgIpc) is 2.42. The Kier molecular flexibility index (Phi) is 4.76. The summed E-state index contributed by atoms with van der Waals surface area (Å²) < 4.78 is 0. The van der Waals surface area contributed by atoms with Gasteiger partial charge in [0, 0.05) is 12.6 Å². The lowest BCUT2D eigenvalue weighted by Gasteiger charge is -2.26. The van der Waals surface area contributed by atoms with E-state index in [4.69, 9.17) is 0 Å². The normalized spacial score (nSPS) is 21.3. The van der Waals surface area contributed by atoms with Crippen LogP contribution in [0.1, 0.15) is 37.7 Å². The molecule has 3 nitrogen and oxygen atoms in total. The van der Waals surface area contributed by atoms with Gasteiger partial charge in [-0.1, -0.05) is 37.3 Å². The van der Waals surface area contributed by atoms with E-state index >= 15 is 0 Å². The molecule has 1 aromatic rings. The molecule has 0 aromatic heterocycles. The monoisotopic (exact) mass is 246 g/mol. The molecule has 1 unspecified atom stereocenters. The highest BCUT2D eigenvalue weighted by Crippen LogP contribution is 2.19.